The molecule has 0 saturated heterocycles. The van der Waals surface area contributed by atoms with Crippen LogP contribution in [0.15, 0.2) is 24.3 Å². The van der Waals surface area contributed by atoms with E-state index in [-0.39, 0.29) is 5.91 Å². The fourth-order valence-corrected chi connectivity index (χ4v) is 2.92. The van der Waals surface area contributed by atoms with Crippen molar-refractivity contribution >= 4 is 28.4 Å². The molecule has 0 bridgehead atoms. The predicted octanol–water partition coefficient (Wildman–Crippen LogP) is 2.90. The van der Waals surface area contributed by atoms with Crippen molar-refractivity contribution in [3.63, 3.8) is 0 Å². The van der Waals surface area contributed by atoms with Crippen LogP contribution in [-0.2, 0) is 7.05 Å². The summed E-state index contributed by atoms with van der Waals surface area (Å²) < 4.78 is 1.85. The van der Waals surface area contributed by atoms with Gasteiger partial charge in [-0.25, -0.2) is 0 Å². The van der Waals surface area contributed by atoms with Crippen LogP contribution in [0, 0.1) is 0 Å². The summed E-state index contributed by atoms with van der Waals surface area (Å²) in [6, 6.07) is 7.77. The first-order valence-corrected chi connectivity index (χ1v) is 7.71. The van der Waals surface area contributed by atoms with Crippen molar-refractivity contribution in [2.24, 2.45) is 7.05 Å². The number of amides is 1. The van der Waals surface area contributed by atoms with Gasteiger partial charge in [0.2, 0.25) is 0 Å². The number of aryl methyl sites for hydroxylation is 1. The molecule has 0 aliphatic rings. The maximum absolute atomic E-state index is 12.4. The second-order valence-corrected chi connectivity index (χ2v) is 5.40. The molecule has 0 saturated carbocycles. The van der Waals surface area contributed by atoms with Gasteiger partial charge in [0.15, 0.2) is 0 Å². The highest BCUT2D eigenvalue weighted by Crippen LogP contribution is 2.29. The normalized spacial score (nSPS) is 11.3. The lowest BCUT2D eigenvalue weighted by Crippen LogP contribution is -2.35. The minimum Gasteiger partial charge on any atom is -0.349 e. The lowest BCUT2D eigenvalue weighted by molar-refractivity contribution is 0.0941. The summed E-state index contributed by atoms with van der Waals surface area (Å²) in [5.41, 5.74) is 1.49. The standard InChI is InChI=1S/C16H22ClN3O/c1-4-20(5-2)11-10-18-16(21)15-14(17)12-8-6-7-9-13(12)19(15)3/h6-9H,4-5,10-11H2,1-3H3,(H,18,21). The first-order valence-electron chi connectivity index (χ1n) is 7.33. The smallest absolute Gasteiger partial charge is 0.269 e. The van der Waals surface area contributed by atoms with E-state index in [4.69, 9.17) is 11.6 Å². The van der Waals surface area contributed by atoms with Crippen molar-refractivity contribution in [1.82, 2.24) is 14.8 Å². The van der Waals surface area contributed by atoms with Gasteiger partial charge in [-0.1, -0.05) is 43.6 Å². The summed E-state index contributed by atoms with van der Waals surface area (Å²) in [6.07, 6.45) is 0. The first-order chi connectivity index (χ1) is 10.1. The Morgan fingerprint density at radius 1 is 1.29 bits per heavy atom. The van der Waals surface area contributed by atoms with Crippen molar-refractivity contribution in [1.29, 1.82) is 0 Å². The van der Waals surface area contributed by atoms with E-state index in [1.165, 1.54) is 0 Å². The number of nitrogens with one attached hydrogen (secondary N) is 1. The van der Waals surface area contributed by atoms with E-state index in [0.29, 0.717) is 17.3 Å². The summed E-state index contributed by atoms with van der Waals surface area (Å²) in [7, 11) is 1.87. The van der Waals surface area contributed by atoms with Gasteiger partial charge in [-0.05, 0) is 19.2 Å². The Balaban J connectivity index is 2.13. The molecule has 1 N–H and O–H groups in total. The molecular weight excluding hydrogens is 286 g/mol. The number of rotatable bonds is 6. The maximum Gasteiger partial charge on any atom is 0.269 e. The average Bonchev–Trinajstić information content (AvgIpc) is 2.76. The number of likely N-dealkylation sites (N-methyl/N-ethyl adjacent to an activating group) is 1. The van der Waals surface area contributed by atoms with Crippen molar-refractivity contribution in [3.8, 4) is 0 Å². The number of nitrogens with zero attached hydrogens (tertiary/aromatic N) is 2. The van der Waals surface area contributed by atoms with Crippen molar-refractivity contribution in [2.45, 2.75) is 13.8 Å². The molecule has 1 amide bonds. The molecule has 0 fully saturated rings. The Kier molecular flexibility index (Phi) is 5.26. The SMILES string of the molecule is CCN(CC)CCNC(=O)c1c(Cl)c2ccccc2n1C. The highest BCUT2D eigenvalue weighted by Gasteiger charge is 2.19. The van der Waals surface area contributed by atoms with Crippen molar-refractivity contribution in [2.75, 3.05) is 26.2 Å². The van der Waals surface area contributed by atoms with E-state index in [0.717, 1.165) is 30.5 Å². The van der Waals surface area contributed by atoms with Gasteiger partial charge in [-0.15, -0.1) is 0 Å². The van der Waals surface area contributed by atoms with E-state index < -0.39 is 0 Å². The number of aromatic nitrogens is 1. The van der Waals surface area contributed by atoms with Crippen LogP contribution in [0.5, 0.6) is 0 Å². The number of fused-ring (bicyclic) bond motifs is 1. The lowest BCUT2D eigenvalue weighted by atomic mass is 10.2. The fraction of sp³-hybridized carbons (Fsp3) is 0.438. The number of hydrogen-bond acceptors (Lipinski definition) is 2. The van der Waals surface area contributed by atoms with Gasteiger partial charge < -0.3 is 14.8 Å². The molecule has 0 spiro atoms. The molecule has 0 radical (unpaired) electrons. The third-order valence-corrected chi connectivity index (χ3v) is 4.25. The van der Waals surface area contributed by atoms with Crippen LogP contribution in [0.2, 0.25) is 5.02 Å². The summed E-state index contributed by atoms with van der Waals surface area (Å²) in [4.78, 5) is 14.6. The second-order valence-electron chi connectivity index (χ2n) is 5.02. The monoisotopic (exact) mass is 307 g/mol. The van der Waals surface area contributed by atoms with E-state index >= 15 is 0 Å². The molecule has 2 rings (SSSR count). The Labute approximate surface area is 130 Å². The molecule has 0 unspecified atom stereocenters. The predicted molar refractivity (Wildman–Crippen MR) is 88.1 cm³/mol. The van der Waals surface area contributed by atoms with Gasteiger partial charge in [-0.2, -0.15) is 0 Å². The minimum absolute atomic E-state index is 0.120. The number of halogens is 1. The summed E-state index contributed by atoms with van der Waals surface area (Å²) in [6.45, 7) is 7.68. The topological polar surface area (TPSA) is 37.3 Å². The highest BCUT2D eigenvalue weighted by molar-refractivity contribution is 6.38. The van der Waals surface area contributed by atoms with E-state index in [9.17, 15) is 4.79 Å². The molecule has 0 aliphatic carbocycles. The van der Waals surface area contributed by atoms with Gasteiger partial charge in [0.05, 0.1) is 5.02 Å². The van der Waals surface area contributed by atoms with Crippen LogP contribution in [0.3, 0.4) is 0 Å². The van der Waals surface area contributed by atoms with E-state index in [1.807, 2.05) is 35.9 Å². The van der Waals surface area contributed by atoms with Crippen LogP contribution in [-0.4, -0.2) is 41.6 Å². The molecule has 114 valence electrons. The number of para-hydroxylation sites is 1. The largest absolute Gasteiger partial charge is 0.349 e. The Bertz CT molecular complexity index is 593. The Morgan fingerprint density at radius 3 is 2.57 bits per heavy atom. The fourth-order valence-electron chi connectivity index (χ4n) is 2.55. The van der Waals surface area contributed by atoms with Gasteiger partial charge in [-0.3, -0.25) is 4.79 Å². The molecule has 0 aliphatic heterocycles. The van der Waals surface area contributed by atoms with Gasteiger partial charge in [0.1, 0.15) is 5.69 Å². The van der Waals surface area contributed by atoms with Gasteiger partial charge >= 0.3 is 0 Å². The molecule has 21 heavy (non-hydrogen) atoms. The van der Waals surface area contributed by atoms with Crippen LogP contribution in [0.4, 0.5) is 0 Å². The van der Waals surface area contributed by atoms with Crippen LogP contribution in [0.25, 0.3) is 10.9 Å². The molecule has 1 aromatic heterocycles. The van der Waals surface area contributed by atoms with Crippen molar-refractivity contribution < 1.29 is 4.79 Å². The highest BCUT2D eigenvalue weighted by atomic mass is 35.5. The first kappa shape index (κ1) is 15.9. The van der Waals surface area contributed by atoms with Crippen molar-refractivity contribution in [3.05, 3.63) is 35.0 Å². The van der Waals surface area contributed by atoms with Gasteiger partial charge in [0, 0.05) is 31.0 Å². The van der Waals surface area contributed by atoms with E-state index in [1.54, 1.807) is 0 Å². The van der Waals surface area contributed by atoms with Crippen LogP contribution in [0.1, 0.15) is 24.3 Å². The Morgan fingerprint density at radius 2 is 1.95 bits per heavy atom. The minimum atomic E-state index is -0.120. The number of benzene rings is 1. The maximum atomic E-state index is 12.4. The quantitative estimate of drug-likeness (QED) is 0.891. The third kappa shape index (κ3) is 3.22. The molecule has 4 nitrogen and oxygen atoms in total. The molecule has 1 aromatic carbocycles. The van der Waals surface area contributed by atoms with E-state index in [2.05, 4.69) is 24.1 Å². The lowest BCUT2D eigenvalue weighted by Gasteiger charge is -2.18. The number of carbonyl (C=O) groups is 1. The van der Waals surface area contributed by atoms with Crippen LogP contribution >= 0.6 is 11.6 Å². The number of hydrogen-bond donors (Lipinski definition) is 1. The number of carbonyl (C=O) groups excluding carboxylic acids is 1. The second kappa shape index (κ2) is 6.96. The summed E-state index contributed by atoms with van der Waals surface area (Å²) >= 11 is 6.36. The molecular formula is C16H22ClN3O. The summed E-state index contributed by atoms with van der Waals surface area (Å²) in [5.74, 6) is -0.120. The zero-order valence-electron chi connectivity index (χ0n) is 12.8. The zero-order valence-corrected chi connectivity index (χ0v) is 13.6. The molecule has 5 heteroatoms. The third-order valence-electron chi connectivity index (χ3n) is 3.87. The zero-order chi connectivity index (χ0) is 15.4. The molecule has 2 aromatic rings. The molecule has 1 heterocycles. The average molecular weight is 308 g/mol. The Hall–Kier alpha value is -1.52. The summed E-state index contributed by atoms with van der Waals surface area (Å²) in [5, 5.41) is 4.39. The molecule has 0 atom stereocenters. The van der Waals surface area contributed by atoms with Gasteiger partial charge in [0.25, 0.3) is 5.91 Å². The van der Waals surface area contributed by atoms with Crippen LogP contribution < -0.4 is 5.32 Å².